The third-order valence-electron chi connectivity index (χ3n) is 1.26. The number of nitrogens with one attached hydrogen (secondary N) is 1. The Hall–Kier alpha value is -1.05. The first-order chi connectivity index (χ1) is 5.34. The molecule has 12 heavy (non-hydrogen) atoms. The zero-order valence-electron chi connectivity index (χ0n) is 8.27. The van der Waals surface area contributed by atoms with Crippen molar-refractivity contribution in [2.24, 2.45) is 5.41 Å². The summed E-state index contributed by atoms with van der Waals surface area (Å²) in [6.45, 7) is 11.2. The molecule has 2 nitrogen and oxygen atoms in total. The van der Waals surface area contributed by atoms with Crippen molar-refractivity contribution < 1.29 is 4.79 Å². The topological polar surface area (TPSA) is 29.1 Å². The summed E-state index contributed by atoms with van der Waals surface area (Å²) < 4.78 is 0. The van der Waals surface area contributed by atoms with E-state index in [0.717, 1.165) is 5.57 Å². The number of amides is 1. The van der Waals surface area contributed by atoms with Crippen LogP contribution in [0, 0.1) is 5.41 Å². The Morgan fingerprint density at radius 1 is 1.42 bits per heavy atom. The quantitative estimate of drug-likeness (QED) is 0.628. The lowest BCUT2D eigenvalue weighted by atomic mass is 9.96. The number of allylic oxidation sites excluding steroid dienone is 2. The van der Waals surface area contributed by atoms with Crippen LogP contribution in [0.25, 0.3) is 0 Å². The number of hydrogen-bond acceptors (Lipinski definition) is 1. The van der Waals surface area contributed by atoms with Gasteiger partial charge in [0.2, 0.25) is 5.91 Å². The van der Waals surface area contributed by atoms with Gasteiger partial charge in [0.15, 0.2) is 0 Å². The minimum Gasteiger partial charge on any atom is -0.332 e. The van der Waals surface area contributed by atoms with E-state index in [9.17, 15) is 4.79 Å². The lowest BCUT2D eigenvalue weighted by Crippen LogP contribution is -2.31. The minimum atomic E-state index is -0.334. The summed E-state index contributed by atoms with van der Waals surface area (Å²) in [7, 11) is 0. The monoisotopic (exact) mass is 167 g/mol. The highest BCUT2D eigenvalue weighted by atomic mass is 16.2. The maximum atomic E-state index is 11.3. The molecule has 0 saturated carbocycles. The molecule has 0 heterocycles. The molecule has 0 atom stereocenters. The van der Waals surface area contributed by atoms with Crippen molar-refractivity contribution in [3.05, 3.63) is 24.4 Å². The second-order valence-corrected chi connectivity index (χ2v) is 3.90. The van der Waals surface area contributed by atoms with Crippen LogP contribution in [0.1, 0.15) is 27.7 Å². The van der Waals surface area contributed by atoms with Crippen molar-refractivity contribution in [2.45, 2.75) is 27.7 Å². The van der Waals surface area contributed by atoms with Crippen LogP contribution in [0.15, 0.2) is 24.4 Å². The van der Waals surface area contributed by atoms with E-state index in [4.69, 9.17) is 0 Å². The highest BCUT2D eigenvalue weighted by molar-refractivity contribution is 5.82. The van der Waals surface area contributed by atoms with E-state index >= 15 is 0 Å². The molecule has 0 aliphatic rings. The van der Waals surface area contributed by atoms with E-state index in [2.05, 4.69) is 11.9 Å². The van der Waals surface area contributed by atoms with Crippen LogP contribution in [-0.4, -0.2) is 5.91 Å². The molecule has 1 N–H and O–H groups in total. The molecule has 0 saturated heterocycles. The predicted octanol–water partition coefficient (Wildman–Crippen LogP) is 2.24. The fraction of sp³-hybridized carbons (Fsp3) is 0.500. The van der Waals surface area contributed by atoms with E-state index in [0.29, 0.717) is 0 Å². The Kier molecular flexibility index (Phi) is 3.74. The summed E-state index contributed by atoms with van der Waals surface area (Å²) in [5, 5.41) is 2.67. The molecule has 0 rings (SSSR count). The van der Waals surface area contributed by atoms with Crippen LogP contribution in [0.3, 0.4) is 0 Å². The molecule has 1 amide bonds. The van der Waals surface area contributed by atoms with Gasteiger partial charge in [-0.2, -0.15) is 0 Å². The number of rotatable bonds is 2. The molecule has 2 heteroatoms. The molecule has 0 aromatic heterocycles. The summed E-state index contributed by atoms with van der Waals surface area (Å²) in [5.74, 6) is 0.0139. The Morgan fingerprint density at radius 3 is 2.25 bits per heavy atom. The highest BCUT2D eigenvalue weighted by Crippen LogP contribution is 2.12. The standard InChI is InChI=1S/C10H17NO/c1-8(2)6-7-11-9(12)10(3,4)5/h6-7H,1H2,2-5H3,(H,11,12)/b7-6+. The van der Waals surface area contributed by atoms with Crippen molar-refractivity contribution >= 4 is 5.91 Å². The van der Waals surface area contributed by atoms with Crippen molar-refractivity contribution in [3.8, 4) is 0 Å². The molecule has 0 unspecified atom stereocenters. The van der Waals surface area contributed by atoms with Gasteiger partial charge in [0.1, 0.15) is 0 Å². The van der Waals surface area contributed by atoms with Gasteiger partial charge in [0, 0.05) is 11.6 Å². The summed E-state index contributed by atoms with van der Waals surface area (Å²) in [5.41, 5.74) is 0.587. The molecule has 0 aliphatic heterocycles. The van der Waals surface area contributed by atoms with Crippen LogP contribution in [0.4, 0.5) is 0 Å². The van der Waals surface area contributed by atoms with Crippen molar-refractivity contribution in [1.82, 2.24) is 5.32 Å². The molecule has 0 radical (unpaired) electrons. The van der Waals surface area contributed by atoms with Crippen LogP contribution in [0.2, 0.25) is 0 Å². The van der Waals surface area contributed by atoms with Gasteiger partial charge in [-0.1, -0.05) is 32.9 Å². The van der Waals surface area contributed by atoms with E-state index in [1.54, 1.807) is 12.3 Å². The van der Waals surface area contributed by atoms with Crippen LogP contribution >= 0.6 is 0 Å². The second-order valence-electron chi connectivity index (χ2n) is 3.90. The van der Waals surface area contributed by atoms with E-state index < -0.39 is 0 Å². The predicted molar refractivity (Wildman–Crippen MR) is 51.6 cm³/mol. The normalized spacial score (nSPS) is 11.7. The van der Waals surface area contributed by atoms with Gasteiger partial charge in [0.05, 0.1) is 0 Å². The first kappa shape index (κ1) is 11.0. The number of hydrogen-bond donors (Lipinski definition) is 1. The Bertz CT molecular complexity index is 208. The maximum absolute atomic E-state index is 11.3. The van der Waals surface area contributed by atoms with Crippen LogP contribution in [-0.2, 0) is 4.79 Å². The van der Waals surface area contributed by atoms with Gasteiger partial charge in [-0.15, -0.1) is 0 Å². The van der Waals surface area contributed by atoms with E-state index in [1.807, 2.05) is 27.7 Å². The first-order valence-electron chi connectivity index (χ1n) is 3.97. The van der Waals surface area contributed by atoms with Gasteiger partial charge >= 0.3 is 0 Å². The smallest absolute Gasteiger partial charge is 0.229 e. The van der Waals surface area contributed by atoms with Crippen molar-refractivity contribution in [3.63, 3.8) is 0 Å². The zero-order chi connectivity index (χ0) is 9.78. The lowest BCUT2D eigenvalue weighted by Gasteiger charge is -2.15. The fourth-order valence-electron chi connectivity index (χ4n) is 0.476. The summed E-state index contributed by atoms with van der Waals surface area (Å²) in [4.78, 5) is 11.3. The molecular formula is C10H17NO. The summed E-state index contributed by atoms with van der Waals surface area (Å²) >= 11 is 0. The molecule has 0 spiro atoms. The number of carbonyl (C=O) groups excluding carboxylic acids is 1. The van der Waals surface area contributed by atoms with Crippen LogP contribution < -0.4 is 5.32 Å². The van der Waals surface area contributed by atoms with Crippen molar-refractivity contribution in [2.75, 3.05) is 0 Å². The van der Waals surface area contributed by atoms with Gasteiger partial charge in [-0.25, -0.2) is 0 Å². The largest absolute Gasteiger partial charge is 0.332 e. The molecule has 0 aromatic carbocycles. The van der Waals surface area contributed by atoms with Gasteiger partial charge < -0.3 is 5.32 Å². The first-order valence-corrected chi connectivity index (χ1v) is 3.97. The molecule has 0 aliphatic carbocycles. The van der Waals surface area contributed by atoms with Gasteiger partial charge in [-0.3, -0.25) is 4.79 Å². The lowest BCUT2D eigenvalue weighted by molar-refractivity contribution is -0.127. The average molecular weight is 167 g/mol. The highest BCUT2D eigenvalue weighted by Gasteiger charge is 2.19. The van der Waals surface area contributed by atoms with E-state index in [1.165, 1.54) is 0 Å². The maximum Gasteiger partial charge on any atom is 0.229 e. The molecule has 0 fully saturated rings. The van der Waals surface area contributed by atoms with Crippen molar-refractivity contribution in [1.29, 1.82) is 0 Å². The molecule has 0 bridgehead atoms. The van der Waals surface area contributed by atoms with Gasteiger partial charge in [0.25, 0.3) is 0 Å². The molecule has 0 aromatic rings. The summed E-state index contributed by atoms with van der Waals surface area (Å²) in [6, 6.07) is 0. The fourth-order valence-corrected chi connectivity index (χ4v) is 0.476. The van der Waals surface area contributed by atoms with E-state index in [-0.39, 0.29) is 11.3 Å². The number of carbonyl (C=O) groups is 1. The third-order valence-corrected chi connectivity index (χ3v) is 1.26. The molecular weight excluding hydrogens is 150 g/mol. The van der Waals surface area contributed by atoms with Crippen LogP contribution in [0.5, 0.6) is 0 Å². The molecule has 68 valence electrons. The Morgan fingerprint density at radius 2 is 1.92 bits per heavy atom. The van der Waals surface area contributed by atoms with Gasteiger partial charge in [-0.05, 0) is 13.0 Å². The zero-order valence-corrected chi connectivity index (χ0v) is 8.27. The summed E-state index contributed by atoms with van der Waals surface area (Å²) in [6.07, 6.45) is 3.39. The second kappa shape index (κ2) is 4.10. The third kappa shape index (κ3) is 4.72. The minimum absolute atomic E-state index is 0.0139. The SMILES string of the molecule is C=C(C)/C=C/NC(=O)C(C)(C)C. The Labute approximate surface area is 74.4 Å². The average Bonchev–Trinajstić information content (AvgIpc) is 1.84. The Balaban J connectivity index is 3.96.